The number of hydrogen-bond donors (Lipinski definition) is 17. The van der Waals surface area contributed by atoms with Crippen LogP contribution in [-0.4, -0.2) is 273 Å². The van der Waals surface area contributed by atoms with Crippen LogP contribution in [0.5, 0.6) is 0 Å². The van der Waals surface area contributed by atoms with Gasteiger partial charge < -0.3 is 129 Å². The van der Waals surface area contributed by atoms with Crippen molar-refractivity contribution in [3.05, 3.63) is 0 Å². The minimum atomic E-state index is -2.22. The summed E-state index contributed by atoms with van der Waals surface area (Å²) in [5.41, 5.74) is 0. The molecule has 26 nitrogen and oxygen atoms in total. The van der Waals surface area contributed by atoms with Crippen LogP contribution in [0.1, 0.15) is 0 Å². The molecule has 1 unspecified atom stereocenters. The van der Waals surface area contributed by atoms with Gasteiger partial charge in [0.15, 0.2) is 31.5 Å². The van der Waals surface area contributed by atoms with E-state index < -0.39 is 187 Å². The molecule has 17 N–H and O–H groups in total. The minimum absolute atomic E-state index is 0.829. The molecule has 0 bridgehead atoms. The lowest BCUT2D eigenvalue weighted by Crippen LogP contribution is -2.68. The van der Waals surface area contributed by atoms with E-state index in [2.05, 4.69) is 0 Å². The normalized spacial score (nSPS) is 53.2. The fourth-order valence-corrected chi connectivity index (χ4v) is 6.88. The van der Waals surface area contributed by atoms with Crippen LogP contribution in [0, 0.1) is 0 Å². The maximum atomic E-state index is 11.5. The molecular formula is C30H52O26. The monoisotopic (exact) mass is 828 g/mol. The average Bonchev–Trinajstić information content (AvgIpc) is 3.18. The third-order valence-corrected chi connectivity index (χ3v) is 10.3. The van der Waals surface area contributed by atoms with Gasteiger partial charge in [0.05, 0.1) is 33.0 Å². The molecule has 26 heteroatoms. The van der Waals surface area contributed by atoms with Crippen LogP contribution in [0.4, 0.5) is 0 Å². The van der Waals surface area contributed by atoms with Crippen molar-refractivity contribution >= 4 is 0 Å². The van der Waals surface area contributed by atoms with Crippen LogP contribution in [0.3, 0.4) is 0 Å². The van der Waals surface area contributed by atoms with Crippen molar-refractivity contribution in [1.29, 1.82) is 0 Å². The Bertz CT molecular complexity index is 1200. The molecule has 5 aliphatic heterocycles. The first kappa shape index (κ1) is 46.0. The Balaban J connectivity index is 1.42. The van der Waals surface area contributed by atoms with E-state index in [4.69, 9.17) is 42.6 Å². The zero-order valence-electron chi connectivity index (χ0n) is 29.2. The van der Waals surface area contributed by atoms with Crippen LogP contribution in [0.25, 0.3) is 0 Å². The first-order valence-electron chi connectivity index (χ1n) is 17.6. The lowest BCUT2D eigenvalue weighted by Gasteiger charge is -2.49. The van der Waals surface area contributed by atoms with Crippen molar-refractivity contribution < 1.29 is 129 Å². The van der Waals surface area contributed by atoms with Gasteiger partial charge in [0.25, 0.3) is 0 Å². The van der Waals surface area contributed by atoms with Gasteiger partial charge in [-0.15, -0.1) is 0 Å². The van der Waals surface area contributed by atoms with Crippen LogP contribution >= 0.6 is 0 Å². The van der Waals surface area contributed by atoms with Crippen LogP contribution < -0.4 is 0 Å². The molecule has 5 saturated heterocycles. The predicted octanol–water partition coefficient (Wildman–Crippen LogP) is -11.9. The molecule has 0 saturated carbocycles. The van der Waals surface area contributed by atoms with Gasteiger partial charge in [0, 0.05) is 0 Å². The second-order valence-electron chi connectivity index (χ2n) is 14.0. The van der Waals surface area contributed by atoms with E-state index in [1.807, 2.05) is 0 Å². The van der Waals surface area contributed by atoms with Crippen LogP contribution in [0.2, 0.25) is 0 Å². The highest BCUT2D eigenvalue weighted by molar-refractivity contribution is 4.98. The molecule has 0 radical (unpaired) electrons. The third-order valence-electron chi connectivity index (χ3n) is 10.3. The van der Waals surface area contributed by atoms with Crippen molar-refractivity contribution in [3.8, 4) is 0 Å². The van der Waals surface area contributed by atoms with E-state index in [0.29, 0.717) is 0 Å². The predicted molar refractivity (Wildman–Crippen MR) is 167 cm³/mol. The largest absolute Gasteiger partial charge is 0.394 e. The summed E-state index contributed by atoms with van der Waals surface area (Å²) in [5.74, 6) is 0. The molecule has 0 aromatic heterocycles. The smallest absolute Gasteiger partial charge is 0.187 e. The molecule has 0 spiro atoms. The van der Waals surface area contributed by atoms with Crippen molar-refractivity contribution in [2.24, 2.45) is 0 Å². The first-order valence-corrected chi connectivity index (χ1v) is 17.6. The summed E-state index contributed by atoms with van der Waals surface area (Å²) in [7, 11) is 0. The molecular weight excluding hydrogens is 776 g/mol. The Labute approximate surface area is 316 Å². The average molecular weight is 829 g/mol. The fourth-order valence-electron chi connectivity index (χ4n) is 6.88. The van der Waals surface area contributed by atoms with Crippen molar-refractivity contribution in [3.63, 3.8) is 0 Å². The summed E-state index contributed by atoms with van der Waals surface area (Å²) in [6, 6.07) is 0. The van der Waals surface area contributed by atoms with Gasteiger partial charge in [-0.3, -0.25) is 0 Å². The Kier molecular flexibility index (Phi) is 16.1. The summed E-state index contributed by atoms with van der Waals surface area (Å²) >= 11 is 0. The van der Waals surface area contributed by atoms with E-state index in [-0.39, 0.29) is 0 Å². The zero-order valence-corrected chi connectivity index (χ0v) is 29.2. The lowest BCUT2D eigenvalue weighted by atomic mass is 9.95. The summed E-state index contributed by atoms with van der Waals surface area (Å²) in [6.07, 6.45) is -47.3. The maximum absolute atomic E-state index is 11.5. The fraction of sp³-hybridized carbons (Fsp3) is 1.00. The Morgan fingerprint density at radius 1 is 0.304 bits per heavy atom. The second-order valence-corrected chi connectivity index (χ2v) is 14.0. The molecule has 0 amide bonds. The summed E-state index contributed by atoms with van der Waals surface area (Å²) in [4.78, 5) is 0. The van der Waals surface area contributed by atoms with Crippen LogP contribution in [-0.2, 0) is 42.6 Å². The molecule has 25 atom stereocenters. The molecule has 5 aliphatic rings. The molecule has 0 aromatic carbocycles. The molecule has 0 aromatic rings. The Hall–Kier alpha value is -1.04. The molecule has 56 heavy (non-hydrogen) atoms. The zero-order chi connectivity index (χ0) is 41.3. The van der Waals surface area contributed by atoms with E-state index in [9.17, 15) is 86.8 Å². The number of ether oxygens (including phenoxy) is 9. The van der Waals surface area contributed by atoms with E-state index >= 15 is 0 Å². The quantitative estimate of drug-likeness (QED) is 0.0819. The highest BCUT2D eigenvalue weighted by Crippen LogP contribution is 2.35. The minimum Gasteiger partial charge on any atom is -0.394 e. The highest BCUT2D eigenvalue weighted by Gasteiger charge is 2.56. The molecule has 328 valence electrons. The van der Waals surface area contributed by atoms with Gasteiger partial charge in [0.2, 0.25) is 0 Å². The first-order chi connectivity index (χ1) is 26.5. The molecule has 5 rings (SSSR count). The van der Waals surface area contributed by atoms with Gasteiger partial charge in [-0.1, -0.05) is 0 Å². The highest BCUT2D eigenvalue weighted by atomic mass is 16.8. The molecule has 5 heterocycles. The van der Waals surface area contributed by atoms with Crippen molar-refractivity contribution in [2.75, 3.05) is 33.0 Å². The van der Waals surface area contributed by atoms with Crippen LogP contribution in [0.15, 0.2) is 0 Å². The second kappa shape index (κ2) is 19.6. The van der Waals surface area contributed by atoms with E-state index in [1.54, 1.807) is 0 Å². The number of aliphatic hydroxyl groups is 17. The van der Waals surface area contributed by atoms with Gasteiger partial charge >= 0.3 is 0 Å². The summed E-state index contributed by atoms with van der Waals surface area (Å²) in [6.45, 7) is -4.35. The van der Waals surface area contributed by atoms with Gasteiger partial charge in [-0.05, 0) is 0 Å². The van der Waals surface area contributed by atoms with Gasteiger partial charge in [0.1, 0.15) is 122 Å². The van der Waals surface area contributed by atoms with E-state index in [0.717, 1.165) is 0 Å². The number of hydrogen-bond acceptors (Lipinski definition) is 26. The van der Waals surface area contributed by atoms with E-state index in [1.165, 1.54) is 0 Å². The van der Waals surface area contributed by atoms with Crippen molar-refractivity contribution in [2.45, 2.75) is 154 Å². The topological polar surface area (TPSA) is 427 Å². The Morgan fingerprint density at radius 2 is 0.679 bits per heavy atom. The van der Waals surface area contributed by atoms with Gasteiger partial charge in [-0.25, -0.2) is 0 Å². The third kappa shape index (κ3) is 9.31. The number of aliphatic hydroxyl groups excluding tert-OH is 17. The standard InChI is InChI=1S/C30H52O26/c31-1-6-13(37)18(42)24(26(47)49-6)55-30-25(19(43)14(38)9(4-34)52-30)56-29-22(46)23(54-28-21(45)17(41)12(36)8(3-33)51-28)15(39)10(53-29)5-48-27-20(44)16(40)11(35)7(2-32)50-27/h6-47H,1-5H2/t6-,7-,8-,9-,10-,11-,12-,13-,14-,15-,16+,17+,18+,19+,20+,21+,22+,23+,24+,25+,26?,27+,28-,29-,30-/m1/s1. The lowest BCUT2D eigenvalue weighted by molar-refractivity contribution is -0.401. The molecule has 5 fully saturated rings. The summed E-state index contributed by atoms with van der Waals surface area (Å²) < 4.78 is 49.5. The Morgan fingerprint density at radius 3 is 1.21 bits per heavy atom. The summed E-state index contributed by atoms with van der Waals surface area (Å²) in [5, 5.41) is 176. The van der Waals surface area contributed by atoms with Gasteiger partial charge in [-0.2, -0.15) is 0 Å². The maximum Gasteiger partial charge on any atom is 0.187 e. The SMILES string of the molecule is OC[C@H]1O[C@H](OC[C@H]2O[C@H](O[C@@H]3[C@@H](O[C@@H]4C(O)O[C@H](CO)[C@@H](O)[C@@H]4O)O[C@H](CO)[C@@H](O)[C@@H]3O)[C@@H](O)[C@@H](O[C@H]3O[C@H](CO)[C@@H](O)[C@H](O)[C@@H]3O)[C@@H]2O)[C@@H](O)[C@@H](O)[C@@H]1O. The molecule has 0 aliphatic carbocycles. The van der Waals surface area contributed by atoms with Crippen molar-refractivity contribution in [1.82, 2.24) is 0 Å². The number of rotatable bonds is 13.